The number of carbonyl (C=O) groups is 5. The molecule has 0 fully saturated rings. The van der Waals surface area contributed by atoms with Crippen molar-refractivity contribution in [3.8, 4) is 5.75 Å². The van der Waals surface area contributed by atoms with Gasteiger partial charge in [-0.25, -0.2) is 0 Å². The molecule has 0 aliphatic carbocycles. The first-order chi connectivity index (χ1) is 22.7. The molecule has 48 heavy (non-hydrogen) atoms. The highest BCUT2D eigenvalue weighted by atomic mass is 16.5. The molecule has 0 heterocycles. The number of nitrogens with zero attached hydrogens (tertiary/aromatic N) is 2. The summed E-state index contributed by atoms with van der Waals surface area (Å²) in [6.07, 6.45) is 3.10. The van der Waals surface area contributed by atoms with Gasteiger partial charge >= 0.3 is 0 Å². The zero-order valence-corrected chi connectivity index (χ0v) is 29.0. The molecule has 0 aromatic heterocycles. The largest absolute Gasteiger partial charge is 0.508 e. The van der Waals surface area contributed by atoms with Gasteiger partial charge in [0.05, 0.1) is 13.1 Å². The Balaban J connectivity index is -0.000000589. The number of hydrogen-bond acceptors (Lipinski definition) is 9. The molecule has 0 aliphatic rings. The van der Waals surface area contributed by atoms with E-state index in [2.05, 4.69) is 58.6 Å². The Kier molecular flexibility index (Phi) is 30.7. The van der Waals surface area contributed by atoms with Crippen LogP contribution < -0.4 is 21.3 Å². The molecule has 0 aliphatic heterocycles. The van der Waals surface area contributed by atoms with Crippen LogP contribution in [0.3, 0.4) is 0 Å². The molecule has 266 valence electrons. The molecule has 0 saturated heterocycles. The van der Waals surface area contributed by atoms with Gasteiger partial charge in [-0.1, -0.05) is 57.2 Å². The molecule has 0 radical (unpaired) electrons. The van der Waals surface area contributed by atoms with Gasteiger partial charge in [-0.3, -0.25) is 24.0 Å². The highest BCUT2D eigenvalue weighted by Gasteiger charge is 2.07. The molecule has 1 atom stereocenters. The van der Waals surface area contributed by atoms with E-state index in [0.717, 1.165) is 24.5 Å². The number of ether oxygens (including phenoxy) is 1. The SMILES string of the molecule is C=N/N=C(\OC(=C)CNC=O)c1ccccc1.CC(=O)N[C@H](C)Cc1ccc(O)cc1.CC(=O)O.CC(C)NC(=O)CNC=O.CCC. The summed E-state index contributed by atoms with van der Waals surface area (Å²) in [5.41, 5.74) is 1.86. The quantitative estimate of drug-likeness (QED) is 0.0608. The van der Waals surface area contributed by atoms with Crippen LogP contribution in [-0.2, 0) is 35.1 Å². The van der Waals surface area contributed by atoms with E-state index < -0.39 is 5.97 Å². The number of rotatable bonds is 13. The summed E-state index contributed by atoms with van der Waals surface area (Å²) in [6.45, 7) is 19.7. The van der Waals surface area contributed by atoms with Gasteiger partial charge in [0.25, 0.3) is 5.97 Å². The van der Waals surface area contributed by atoms with Crippen LogP contribution in [-0.4, -0.2) is 78.6 Å². The molecule has 2 aromatic carbocycles. The van der Waals surface area contributed by atoms with Crippen LogP contribution >= 0.6 is 0 Å². The lowest BCUT2D eigenvalue weighted by molar-refractivity contribution is -0.134. The number of carboxylic acid groups (broad SMARTS) is 1. The number of hydrogen-bond donors (Lipinski definition) is 6. The van der Waals surface area contributed by atoms with Crippen molar-refractivity contribution in [3.63, 3.8) is 0 Å². The van der Waals surface area contributed by atoms with Crippen molar-refractivity contribution in [2.45, 2.75) is 73.4 Å². The molecule has 6 N–H and O–H groups in total. The fraction of sp³-hybridized carbons (Fsp3) is 0.382. The maximum Gasteiger partial charge on any atom is 0.300 e. The van der Waals surface area contributed by atoms with Crippen molar-refractivity contribution in [2.75, 3.05) is 13.1 Å². The minimum Gasteiger partial charge on any atom is -0.508 e. The summed E-state index contributed by atoms with van der Waals surface area (Å²) in [5.74, 6) is -0.0963. The van der Waals surface area contributed by atoms with E-state index in [1.54, 1.807) is 12.1 Å². The molecular formula is C34H52N6O8. The maximum atomic E-state index is 10.7. The lowest BCUT2D eigenvalue weighted by Crippen LogP contribution is -2.37. The number of nitrogens with one attached hydrogen (secondary N) is 4. The topological polar surface area (TPSA) is 208 Å². The number of phenolic OH excluding ortho intramolecular Hbond substituents is 1. The second kappa shape index (κ2) is 31.5. The van der Waals surface area contributed by atoms with Crippen molar-refractivity contribution in [3.05, 3.63) is 78.1 Å². The predicted octanol–water partition coefficient (Wildman–Crippen LogP) is 3.55. The highest BCUT2D eigenvalue weighted by molar-refractivity contribution is 5.94. The summed E-state index contributed by atoms with van der Waals surface area (Å²) in [5, 5.41) is 33.8. The molecule has 0 spiro atoms. The van der Waals surface area contributed by atoms with Crippen LogP contribution in [0, 0.1) is 0 Å². The molecule has 0 bridgehead atoms. The van der Waals surface area contributed by atoms with Crippen LogP contribution in [0.25, 0.3) is 0 Å². The van der Waals surface area contributed by atoms with Crippen molar-refractivity contribution >= 4 is 43.2 Å². The van der Waals surface area contributed by atoms with Crippen molar-refractivity contribution in [1.82, 2.24) is 21.3 Å². The molecule has 14 nitrogen and oxygen atoms in total. The Labute approximate surface area is 283 Å². The number of aliphatic carboxylic acids is 1. The third-order valence-corrected chi connectivity index (χ3v) is 4.53. The smallest absolute Gasteiger partial charge is 0.300 e. The van der Waals surface area contributed by atoms with Gasteiger partial charge in [0.1, 0.15) is 11.5 Å². The van der Waals surface area contributed by atoms with E-state index >= 15 is 0 Å². The van der Waals surface area contributed by atoms with Crippen molar-refractivity contribution in [1.29, 1.82) is 0 Å². The Morgan fingerprint density at radius 3 is 1.83 bits per heavy atom. The summed E-state index contributed by atoms with van der Waals surface area (Å²) in [6, 6.07) is 16.5. The highest BCUT2D eigenvalue weighted by Crippen LogP contribution is 2.11. The first kappa shape index (κ1) is 46.9. The Morgan fingerprint density at radius 2 is 1.40 bits per heavy atom. The lowest BCUT2D eigenvalue weighted by Gasteiger charge is -2.12. The molecule has 2 rings (SSSR count). The summed E-state index contributed by atoms with van der Waals surface area (Å²) in [4.78, 5) is 50.3. The molecule has 0 saturated carbocycles. The first-order valence-corrected chi connectivity index (χ1v) is 15.0. The van der Waals surface area contributed by atoms with E-state index in [1.807, 2.05) is 63.2 Å². The van der Waals surface area contributed by atoms with Gasteiger partial charge in [-0.05, 0) is 57.0 Å². The summed E-state index contributed by atoms with van der Waals surface area (Å²) >= 11 is 0. The average molecular weight is 673 g/mol. The monoisotopic (exact) mass is 672 g/mol. The molecule has 4 amide bonds. The third kappa shape index (κ3) is 33.4. The van der Waals surface area contributed by atoms with Crippen LogP contribution in [0.1, 0.15) is 66.0 Å². The Bertz CT molecular complexity index is 1230. The number of carboxylic acids is 1. The van der Waals surface area contributed by atoms with E-state index in [1.165, 1.54) is 13.3 Å². The summed E-state index contributed by atoms with van der Waals surface area (Å²) in [7, 11) is 0. The fourth-order valence-corrected chi connectivity index (χ4v) is 3.00. The van der Waals surface area contributed by atoms with Gasteiger partial charge in [-0.2, -0.15) is 5.10 Å². The van der Waals surface area contributed by atoms with Gasteiger partial charge in [0.15, 0.2) is 0 Å². The Morgan fingerprint density at radius 1 is 0.896 bits per heavy atom. The second-order valence-electron chi connectivity index (χ2n) is 9.97. The lowest BCUT2D eigenvalue weighted by atomic mass is 10.1. The Hall–Kier alpha value is -5.53. The minimum absolute atomic E-state index is 0.0173. The van der Waals surface area contributed by atoms with Crippen molar-refractivity contribution < 1.29 is 38.9 Å². The van der Waals surface area contributed by atoms with Crippen LogP contribution in [0.4, 0.5) is 0 Å². The van der Waals surface area contributed by atoms with E-state index in [4.69, 9.17) is 19.7 Å². The number of aromatic hydroxyl groups is 1. The average Bonchev–Trinajstić information content (AvgIpc) is 3.00. The van der Waals surface area contributed by atoms with Crippen molar-refractivity contribution in [2.24, 2.45) is 10.2 Å². The van der Waals surface area contributed by atoms with Gasteiger partial charge in [-0.15, -0.1) is 5.10 Å². The van der Waals surface area contributed by atoms with E-state index in [0.29, 0.717) is 24.5 Å². The maximum absolute atomic E-state index is 10.7. The standard InChI is InChI=1S/C12H13N3O2.C11H15NO2.C6H12N2O2.C3H8.C2H4O2/c1-10(8-14-9-16)17-12(15-13-2)11-6-4-3-5-7-11;1-8(12-9(2)13)7-10-3-5-11(14)6-4-10;1-5(2)8-6(10)3-7-4-9;1-3-2;1-2(3)4/h3-7,9H,1-2,8H2,(H,14,16);3-6,8,14H,7H2,1-2H3,(H,12,13);4-5H,3H2,1-2H3,(H,7,9)(H,8,10);3H2,1-2H3;1H3,(H,3,4)/b15-12-;;;;/t;8-;;;/m.1.../s1. The first-order valence-electron chi connectivity index (χ1n) is 15.0. The number of amides is 4. The van der Waals surface area contributed by atoms with Gasteiger partial charge in [0, 0.05) is 38.2 Å². The fourth-order valence-electron chi connectivity index (χ4n) is 3.00. The molecule has 2 aromatic rings. The number of benzene rings is 2. The number of carbonyl (C=O) groups excluding carboxylic acids is 4. The molecular weight excluding hydrogens is 620 g/mol. The van der Waals surface area contributed by atoms with E-state index in [9.17, 15) is 19.2 Å². The van der Waals surface area contributed by atoms with Crippen LogP contribution in [0.2, 0.25) is 0 Å². The molecule has 14 heteroatoms. The zero-order valence-electron chi connectivity index (χ0n) is 29.0. The van der Waals surface area contributed by atoms with E-state index in [-0.39, 0.29) is 42.7 Å². The summed E-state index contributed by atoms with van der Waals surface area (Å²) < 4.78 is 5.38. The van der Waals surface area contributed by atoms with Gasteiger partial charge in [0.2, 0.25) is 30.5 Å². The van der Waals surface area contributed by atoms with Crippen LogP contribution in [0.5, 0.6) is 5.75 Å². The van der Waals surface area contributed by atoms with Gasteiger partial charge < -0.3 is 36.2 Å². The predicted molar refractivity (Wildman–Crippen MR) is 189 cm³/mol. The minimum atomic E-state index is -0.833. The van der Waals surface area contributed by atoms with Crippen LogP contribution in [0.15, 0.2) is 77.1 Å². The number of phenols is 1. The molecule has 0 unspecified atom stereocenters. The normalized spacial score (nSPS) is 10.0. The zero-order chi connectivity index (χ0) is 37.3. The second-order valence-corrected chi connectivity index (χ2v) is 9.97. The third-order valence-electron chi connectivity index (χ3n) is 4.53.